The fraction of sp³-hybridized carbons (Fsp3) is 0.278. The molecule has 1 unspecified atom stereocenters. The Hall–Kier alpha value is -2.20. The third kappa shape index (κ3) is 5.46. The molecule has 0 radical (unpaired) electrons. The van der Waals surface area contributed by atoms with Gasteiger partial charge in [-0.3, -0.25) is 0 Å². The Bertz CT molecular complexity index is 799. The number of rotatable bonds is 8. The lowest BCUT2D eigenvalue weighted by atomic mass is 10.0. The molecule has 2 aromatic carbocycles. The molecule has 0 heterocycles. The Morgan fingerprint density at radius 3 is 2.54 bits per heavy atom. The highest BCUT2D eigenvalue weighted by Gasteiger charge is 2.19. The highest BCUT2D eigenvalue weighted by Crippen LogP contribution is 2.20. The average molecular weight is 344 g/mol. The van der Waals surface area contributed by atoms with E-state index in [0.29, 0.717) is 24.0 Å². The Kier molecular flexibility index (Phi) is 6.50. The van der Waals surface area contributed by atoms with Crippen LogP contribution in [0.25, 0.3) is 0 Å². The van der Waals surface area contributed by atoms with E-state index in [2.05, 4.69) is 4.72 Å². The van der Waals surface area contributed by atoms with Crippen molar-refractivity contribution in [3.05, 3.63) is 71.3 Å². The summed E-state index contributed by atoms with van der Waals surface area (Å²) in [6.45, 7) is 0.00920. The van der Waals surface area contributed by atoms with Crippen molar-refractivity contribution in [3.8, 4) is 6.07 Å². The number of aliphatic hydroxyl groups excluding tert-OH is 1. The van der Waals surface area contributed by atoms with Gasteiger partial charge >= 0.3 is 0 Å². The first kappa shape index (κ1) is 18.1. The number of hydrogen-bond donors (Lipinski definition) is 2. The maximum atomic E-state index is 12.5. The van der Waals surface area contributed by atoms with Crippen molar-refractivity contribution in [1.29, 1.82) is 5.26 Å². The van der Waals surface area contributed by atoms with Crippen molar-refractivity contribution < 1.29 is 13.5 Å². The number of nitrogens with one attached hydrogen (secondary N) is 1. The minimum atomic E-state index is -3.58. The Labute approximate surface area is 142 Å². The predicted molar refractivity (Wildman–Crippen MR) is 92.4 cm³/mol. The first-order chi connectivity index (χ1) is 11.5. The minimum Gasteiger partial charge on any atom is -0.396 e. The lowest BCUT2D eigenvalue weighted by Crippen LogP contribution is -2.30. The first-order valence-electron chi connectivity index (χ1n) is 7.69. The molecule has 0 saturated heterocycles. The number of sulfonamides is 1. The molecular weight excluding hydrogens is 324 g/mol. The molecule has 0 bridgehead atoms. The molecule has 6 heteroatoms. The predicted octanol–water partition coefficient (Wildman–Crippen LogP) is 2.49. The van der Waals surface area contributed by atoms with Gasteiger partial charge < -0.3 is 5.11 Å². The van der Waals surface area contributed by atoms with Crippen molar-refractivity contribution in [2.45, 2.75) is 24.6 Å². The molecule has 0 spiro atoms. The Balaban J connectivity index is 2.15. The third-order valence-electron chi connectivity index (χ3n) is 3.59. The Morgan fingerprint density at radius 1 is 1.12 bits per heavy atom. The molecule has 0 fully saturated rings. The zero-order valence-electron chi connectivity index (χ0n) is 13.2. The number of benzene rings is 2. The van der Waals surface area contributed by atoms with Crippen molar-refractivity contribution in [2.75, 3.05) is 6.61 Å². The van der Waals surface area contributed by atoms with Gasteiger partial charge in [-0.15, -0.1) is 0 Å². The normalized spacial score (nSPS) is 12.5. The second-order valence-electron chi connectivity index (χ2n) is 5.52. The lowest BCUT2D eigenvalue weighted by Gasteiger charge is -2.19. The average Bonchev–Trinajstić information content (AvgIpc) is 2.59. The smallest absolute Gasteiger partial charge is 0.216 e. The molecule has 0 saturated carbocycles. The summed E-state index contributed by atoms with van der Waals surface area (Å²) in [6.07, 6.45) is 1.02. The maximum Gasteiger partial charge on any atom is 0.216 e. The summed E-state index contributed by atoms with van der Waals surface area (Å²) in [4.78, 5) is 0. The zero-order valence-corrected chi connectivity index (χ0v) is 14.0. The molecule has 0 aliphatic carbocycles. The first-order valence-corrected chi connectivity index (χ1v) is 9.34. The Morgan fingerprint density at radius 2 is 1.88 bits per heavy atom. The van der Waals surface area contributed by atoms with Crippen LogP contribution in [0.1, 0.15) is 35.6 Å². The molecule has 0 aliphatic heterocycles. The van der Waals surface area contributed by atoms with E-state index in [1.165, 1.54) is 0 Å². The minimum absolute atomic E-state index is 0.00920. The molecule has 0 aliphatic rings. The molecule has 1 atom stereocenters. The van der Waals surface area contributed by atoms with Crippen LogP contribution < -0.4 is 4.72 Å². The van der Waals surface area contributed by atoms with Crippen molar-refractivity contribution in [1.82, 2.24) is 4.72 Å². The van der Waals surface area contributed by atoms with Crippen LogP contribution in [0, 0.1) is 11.3 Å². The molecule has 24 heavy (non-hydrogen) atoms. The van der Waals surface area contributed by atoms with Crippen LogP contribution in [-0.4, -0.2) is 20.1 Å². The molecule has 0 amide bonds. The fourth-order valence-electron chi connectivity index (χ4n) is 2.48. The highest BCUT2D eigenvalue weighted by molar-refractivity contribution is 7.88. The quantitative estimate of drug-likeness (QED) is 0.770. The van der Waals surface area contributed by atoms with Crippen molar-refractivity contribution >= 4 is 10.0 Å². The fourth-order valence-corrected chi connectivity index (χ4v) is 3.87. The van der Waals surface area contributed by atoms with E-state index in [-0.39, 0.29) is 18.4 Å². The number of nitrogens with zero attached hydrogens (tertiary/aromatic N) is 1. The SMILES string of the molecule is N#Cc1cccc(CS(=O)(=O)NC(CCCO)c2ccccc2)c1. The number of hydrogen-bond acceptors (Lipinski definition) is 4. The van der Waals surface area contributed by atoms with Gasteiger partial charge in [0.2, 0.25) is 10.0 Å². The second kappa shape index (κ2) is 8.60. The summed E-state index contributed by atoms with van der Waals surface area (Å²) in [5.41, 5.74) is 1.86. The summed E-state index contributed by atoms with van der Waals surface area (Å²) < 4.78 is 27.7. The van der Waals surface area contributed by atoms with Crippen LogP contribution in [0.3, 0.4) is 0 Å². The van der Waals surface area contributed by atoms with Crippen LogP contribution in [0.4, 0.5) is 0 Å². The monoisotopic (exact) mass is 344 g/mol. The van der Waals surface area contributed by atoms with E-state index in [1.54, 1.807) is 24.3 Å². The van der Waals surface area contributed by atoms with E-state index >= 15 is 0 Å². The van der Waals surface area contributed by atoms with Crippen molar-refractivity contribution in [2.24, 2.45) is 0 Å². The zero-order chi connectivity index (χ0) is 17.4. The van der Waals surface area contributed by atoms with E-state index < -0.39 is 10.0 Å². The summed E-state index contributed by atoms with van der Waals surface area (Å²) in [7, 11) is -3.58. The van der Waals surface area contributed by atoms with Crippen LogP contribution in [0.15, 0.2) is 54.6 Å². The summed E-state index contributed by atoms with van der Waals surface area (Å²) >= 11 is 0. The standard InChI is InChI=1S/C18H20N2O3S/c19-13-15-6-4-7-16(12-15)14-24(22,23)20-18(10-5-11-21)17-8-2-1-3-9-17/h1-4,6-9,12,18,20-21H,5,10-11,14H2. The van der Waals surface area contributed by atoms with Crippen LogP contribution >= 0.6 is 0 Å². The third-order valence-corrected chi connectivity index (χ3v) is 4.94. The van der Waals surface area contributed by atoms with Crippen molar-refractivity contribution in [3.63, 3.8) is 0 Å². The van der Waals surface area contributed by atoms with Gasteiger partial charge in [0, 0.05) is 12.6 Å². The second-order valence-corrected chi connectivity index (χ2v) is 7.27. The van der Waals surface area contributed by atoms with E-state index in [0.717, 1.165) is 5.56 Å². The molecule has 2 aromatic rings. The van der Waals surface area contributed by atoms with Gasteiger partial charge in [-0.05, 0) is 36.1 Å². The largest absolute Gasteiger partial charge is 0.396 e. The van der Waals surface area contributed by atoms with E-state index in [4.69, 9.17) is 10.4 Å². The van der Waals surface area contributed by atoms with Gasteiger partial charge in [-0.1, -0.05) is 42.5 Å². The maximum absolute atomic E-state index is 12.5. The number of nitriles is 1. The van der Waals surface area contributed by atoms with Crippen LogP contribution in [0.5, 0.6) is 0 Å². The number of aliphatic hydroxyl groups is 1. The molecule has 2 N–H and O–H groups in total. The van der Waals surface area contributed by atoms with Gasteiger partial charge in [0.15, 0.2) is 0 Å². The van der Waals surface area contributed by atoms with Gasteiger partial charge in [-0.2, -0.15) is 5.26 Å². The van der Waals surface area contributed by atoms with E-state index in [1.807, 2.05) is 36.4 Å². The van der Waals surface area contributed by atoms with Gasteiger partial charge in [0.25, 0.3) is 0 Å². The molecular formula is C18H20N2O3S. The molecule has 2 rings (SSSR count). The van der Waals surface area contributed by atoms with Gasteiger partial charge in [0.1, 0.15) is 0 Å². The lowest BCUT2D eigenvalue weighted by molar-refractivity contribution is 0.278. The summed E-state index contributed by atoms with van der Waals surface area (Å²) in [5.74, 6) is -0.190. The summed E-state index contributed by atoms with van der Waals surface area (Å²) in [6, 6.07) is 17.5. The molecule has 126 valence electrons. The summed E-state index contributed by atoms with van der Waals surface area (Å²) in [5, 5.41) is 18.0. The van der Waals surface area contributed by atoms with Crippen LogP contribution in [-0.2, 0) is 15.8 Å². The van der Waals surface area contributed by atoms with Gasteiger partial charge in [0.05, 0.1) is 17.4 Å². The topological polar surface area (TPSA) is 90.2 Å². The van der Waals surface area contributed by atoms with Crippen LogP contribution in [0.2, 0.25) is 0 Å². The van der Waals surface area contributed by atoms with E-state index in [9.17, 15) is 8.42 Å². The highest BCUT2D eigenvalue weighted by atomic mass is 32.2. The van der Waals surface area contributed by atoms with Gasteiger partial charge in [-0.25, -0.2) is 13.1 Å². The molecule has 0 aromatic heterocycles. The molecule has 5 nitrogen and oxygen atoms in total.